The number of rotatable bonds is 4. The summed E-state index contributed by atoms with van der Waals surface area (Å²) in [6.45, 7) is 0.665. The van der Waals surface area contributed by atoms with Gasteiger partial charge in [-0.3, -0.25) is 9.59 Å². The number of hydrogen-bond acceptors (Lipinski definition) is 4. The van der Waals surface area contributed by atoms with Gasteiger partial charge >= 0.3 is 0 Å². The molecule has 1 N–H and O–H groups in total. The largest absolute Gasteiger partial charge is 0.350 e. The second kappa shape index (κ2) is 6.44. The first kappa shape index (κ1) is 15.0. The molecule has 0 fully saturated rings. The van der Waals surface area contributed by atoms with Gasteiger partial charge in [-0.2, -0.15) is 10.4 Å². The molecule has 0 spiro atoms. The summed E-state index contributed by atoms with van der Waals surface area (Å²) in [6.07, 6.45) is 2.88. The second-order valence-corrected chi connectivity index (χ2v) is 5.48. The fraction of sp³-hybridized carbons (Fsp3) is 0.294. The predicted octanol–water partition coefficient (Wildman–Crippen LogP) is 1.03. The molecule has 0 aliphatic heterocycles. The van der Waals surface area contributed by atoms with Gasteiger partial charge in [0.15, 0.2) is 0 Å². The van der Waals surface area contributed by atoms with E-state index < -0.39 is 0 Å². The van der Waals surface area contributed by atoms with Crippen molar-refractivity contribution in [1.29, 1.82) is 5.26 Å². The number of benzene rings is 1. The molecule has 0 bridgehead atoms. The molecule has 1 aromatic carbocycles. The van der Waals surface area contributed by atoms with E-state index in [1.807, 2.05) is 6.07 Å². The van der Waals surface area contributed by atoms with Crippen molar-refractivity contribution in [3.63, 3.8) is 0 Å². The Balaban J connectivity index is 1.60. The minimum atomic E-state index is -0.233. The Bertz CT molecular complexity index is 831. The van der Waals surface area contributed by atoms with Crippen molar-refractivity contribution in [2.45, 2.75) is 25.8 Å². The minimum Gasteiger partial charge on any atom is -0.350 e. The highest BCUT2D eigenvalue weighted by atomic mass is 16.1. The topological polar surface area (TPSA) is 87.8 Å². The number of fused-ring (bicyclic) bond motifs is 1. The summed E-state index contributed by atoms with van der Waals surface area (Å²) >= 11 is 0. The number of nitriles is 1. The highest BCUT2D eigenvalue weighted by Gasteiger charge is 2.14. The average Bonchev–Trinajstić information content (AvgIpc) is 3.02. The van der Waals surface area contributed by atoms with Gasteiger partial charge in [0.2, 0.25) is 0 Å². The summed E-state index contributed by atoms with van der Waals surface area (Å²) in [5, 5.41) is 15.9. The Labute approximate surface area is 133 Å². The van der Waals surface area contributed by atoms with Crippen LogP contribution in [-0.4, -0.2) is 22.2 Å². The first-order chi connectivity index (χ1) is 11.2. The molecule has 0 atom stereocenters. The third kappa shape index (κ3) is 3.29. The number of hydrogen-bond donors (Lipinski definition) is 1. The summed E-state index contributed by atoms with van der Waals surface area (Å²) in [4.78, 5) is 24.0. The van der Waals surface area contributed by atoms with Crippen molar-refractivity contribution in [2.75, 3.05) is 6.54 Å². The minimum absolute atomic E-state index is 0.127. The zero-order chi connectivity index (χ0) is 16.2. The van der Waals surface area contributed by atoms with Crippen molar-refractivity contribution in [3.05, 3.63) is 63.1 Å². The molecular weight excluding hydrogens is 292 g/mol. The van der Waals surface area contributed by atoms with Crippen LogP contribution in [0.15, 0.2) is 35.1 Å². The van der Waals surface area contributed by atoms with Crippen LogP contribution in [0.3, 0.4) is 0 Å². The molecule has 1 amide bonds. The van der Waals surface area contributed by atoms with Gasteiger partial charge in [-0.05, 0) is 49.1 Å². The van der Waals surface area contributed by atoms with Crippen molar-refractivity contribution >= 4 is 5.91 Å². The molecule has 116 valence electrons. The first-order valence-corrected chi connectivity index (χ1v) is 7.55. The number of amides is 1. The van der Waals surface area contributed by atoms with E-state index in [2.05, 4.69) is 10.4 Å². The quantitative estimate of drug-likeness (QED) is 0.914. The van der Waals surface area contributed by atoms with Crippen LogP contribution in [-0.2, 0) is 19.4 Å². The molecule has 0 radical (unpaired) electrons. The van der Waals surface area contributed by atoms with Gasteiger partial charge in [0, 0.05) is 18.2 Å². The number of carbonyl (C=O) groups is 1. The van der Waals surface area contributed by atoms with Gasteiger partial charge < -0.3 is 5.32 Å². The van der Waals surface area contributed by atoms with Crippen LogP contribution in [0, 0.1) is 11.3 Å². The van der Waals surface area contributed by atoms with Crippen LogP contribution in [0.4, 0.5) is 0 Å². The fourth-order valence-electron chi connectivity index (χ4n) is 2.67. The van der Waals surface area contributed by atoms with Crippen LogP contribution >= 0.6 is 0 Å². The van der Waals surface area contributed by atoms with Crippen LogP contribution < -0.4 is 10.9 Å². The lowest BCUT2D eigenvalue weighted by Gasteiger charge is -2.08. The Morgan fingerprint density at radius 1 is 1.30 bits per heavy atom. The maximum absolute atomic E-state index is 12.0. The Hall–Kier alpha value is -2.94. The number of aryl methyl sites for hydroxylation is 2. The highest BCUT2D eigenvalue weighted by Crippen LogP contribution is 2.16. The summed E-state index contributed by atoms with van der Waals surface area (Å²) in [5.74, 6) is -0.233. The molecular formula is C17H16N4O2. The average molecular weight is 308 g/mol. The molecule has 1 heterocycles. The van der Waals surface area contributed by atoms with Crippen LogP contribution in [0.1, 0.15) is 33.6 Å². The van der Waals surface area contributed by atoms with Gasteiger partial charge in [0.25, 0.3) is 11.5 Å². The van der Waals surface area contributed by atoms with Crippen molar-refractivity contribution in [3.8, 4) is 6.07 Å². The van der Waals surface area contributed by atoms with E-state index in [-0.39, 0.29) is 11.5 Å². The van der Waals surface area contributed by atoms with Crippen LogP contribution in [0.5, 0.6) is 0 Å². The molecule has 1 aromatic heterocycles. The van der Waals surface area contributed by atoms with E-state index in [9.17, 15) is 9.59 Å². The van der Waals surface area contributed by atoms with E-state index in [1.54, 1.807) is 30.3 Å². The van der Waals surface area contributed by atoms with Gasteiger partial charge in [0.05, 0.1) is 23.9 Å². The van der Waals surface area contributed by atoms with Crippen LogP contribution in [0.25, 0.3) is 0 Å². The summed E-state index contributed by atoms with van der Waals surface area (Å²) in [5.41, 5.74) is 2.91. The molecule has 6 heteroatoms. The summed E-state index contributed by atoms with van der Waals surface area (Å²) in [6, 6.07) is 10.1. The van der Waals surface area contributed by atoms with Crippen molar-refractivity contribution in [2.24, 2.45) is 0 Å². The van der Waals surface area contributed by atoms with Crippen LogP contribution in [0.2, 0.25) is 0 Å². The van der Waals surface area contributed by atoms with Gasteiger partial charge in [-0.25, -0.2) is 4.68 Å². The lowest BCUT2D eigenvalue weighted by molar-refractivity contribution is 0.0951. The van der Waals surface area contributed by atoms with Crippen molar-refractivity contribution < 1.29 is 4.79 Å². The summed E-state index contributed by atoms with van der Waals surface area (Å²) < 4.78 is 1.41. The number of nitrogens with one attached hydrogen (secondary N) is 1. The lowest BCUT2D eigenvalue weighted by atomic mass is 10.1. The molecule has 3 rings (SSSR count). The SMILES string of the molecule is N#Cc1ccc(C(=O)NCCn2nc3c(cc2=O)CCC3)cc1. The zero-order valence-electron chi connectivity index (χ0n) is 12.6. The van der Waals surface area contributed by atoms with E-state index in [4.69, 9.17) is 5.26 Å². The molecule has 0 saturated carbocycles. The van der Waals surface area contributed by atoms with Crippen molar-refractivity contribution in [1.82, 2.24) is 15.1 Å². The number of aromatic nitrogens is 2. The Kier molecular flexibility index (Phi) is 4.20. The fourth-order valence-corrected chi connectivity index (χ4v) is 2.67. The lowest BCUT2D eigenvalue weighted by Crippen LogP contribution is -2.32. The Morgan fingerprint density at radius 3 is 2.83 bits per heavy atom. The van der Waals surface area contributed by atoms with Gasteiger partial charge in [0.1, 0.15) is 0 Å². The smallest absolute Gasteiger partial charge is 0.267 e. The normalized spacial score (nSPS) is 12.5. The maximum atomic E-state index is 12.0. The molecule has 1 aliphatic carbocycles. The molecule has 0 unspecified atom stereocenters. The van der Waals surface area contributed by atoms with E-state index in [1.165, 1.54) is 4.68 Å². The summed E-state index contributed by atoms with van der Waals surface area (Å²) in [7, 11) is 0. The molecule has 2 aromatic rings. The molecule has 23 heavy (non-hydrogen) atoms. The zero-order valence-corrected chi connectivity index (χ0v) is 12.6. The highest BCUT2D eigenvalue weighted by molar-refractivity contribution is 5.94. The van der Waals surface area contributed by atoms with E-state index >= 15 is 0 Å². The second-order valence-electron chi connectivity index (χ2n) is 5.48. The Morgan fingerprint density at radius 2 is 2.09 bits per heavy atom. The third-order valence-electron chi connectivity index (χ3n) is 3.91. The monoisotopic (exact) mass is 308 g/mol. The van der Waals surface area contributed by atoms with E-state index in [0.717, 1.165) is 30.5 Å². The molecule has 1 aliphatic rings. The number of nitrogens with zero attached hydrogens (tertiary/aromatic N) is 3. The molecule has 0 saturated heterocycles. The maximum Gasteiger partial charge on any atom is 0.267 e. The standard InChI is InChI=1S/C17H16N4O2/c18-11-12-4-6-13(7-5-12)17(23)19-8-9-21-16(22)10-14-2-1-3-15(14)20-21/h4-7,10H,1-3,8-9H2,(H,19,23). The number of carbonyl (C=O) groups excluding carboxylic acids is 1. The first-order valence-electron chi connectivity index (χ1n) is 7.55. The van der Waals surface area contributed by atoms with Gasteiger partial charge in [-0.1, -0.05) is 0 Å². The molecule has 6 nitrogen and oxygen atoms in total. The predicted molar refractivity (Wildman–Crippen MR) is 84.0 cm³/mol. The third-order valence-corrected chi connectivity index (χ3v) is 3.91. The van der Waals surface area contributed by atoms with E-state index in [0.29, 0.717) is 24.2 Å². The van der Waals surface area contributed by atoms with Gasteiger partial charge in [-0.15, -0.1) is 0 Å².